The third-order valence-corrected chi connectivity index (χ3v) is 4.41. The number of rotatable bonds is 8. The molecule has 7 nitrogen and oxygen atoms in total. The van der Waals surface area contributed by atoms with Crippen molar-refractivity contribution in [2.45, 2.75) is 71.4 Å². The van der Waals surface area contributed by atoms with E-state index in [0.717, 1.165) is 25.0 Å². The van der Waals surface area contributed by atoms with E-state index in [0.29, 0.717) is 13.1 Å². The fourth-order valence-corrected chi connectivity index (χ4v) is 3.02. The van der Waals surface area contributed by atoms with Gasteiger partial charge < -0.3 is 25.6 Å². The van der Waals surface area contributed by atoms with Crippen molar-refractivity contribution < 1.29 is 9.53 Å². The number of piperidine rings is 1. The Morgan fingerprint density at radius 1 is 1.11 bits per heavy atom. The molecule has 1 aliphatic heterocycles. The Morgan fingerprint density at radius 2 is 1.78 bits per heavy atom. The number of nitrogens with zero attached hydrogens (tertiary/aromatic N) is 2. The van der Waals surface area contributed by atoms with Crippen LogP contribution in [0.15, 0.2) is 4.99 Å². The van der Waals surface area contributed by atoms with Gasteiger partial charge in [0.25, 0.3) is 0 Å². The lowest BCUT2D eigenvalue weighted by Gasteiger charge is -2.33. The van der Waals surface area contributed by atoms with E-state index in [1.807, 2.05) is 20.8 Å². The highest BCUT2D eigenvalue weighted by Gasteiger charge is 2.17. The van der Waals surface area contributed by atoms with Crippen LogP contribution in [0.4, 0.5) is 4.79 Å². The molecule has 160 valence electrons. The summed E-state index contributed by atoms with van der Waals surface area (Å²) >= 11 is 0. The van der Waals surface area contributed by atoms with Gasteiger partial charge in [0.1, 0.15) is 5.60 Å². The molecular weight excluding hydrogens is 457 g/mol. The summed E-state index contributed by atoms with van der Waals surface area (Å²) in [5.41, 5.74) is -0.471. The minimum absolute atomic E-state index is 0. The molecule has 27 heavy (non-hydrogen) atoms. The Balaban J connectivity index is 0.00000676. The molecule has 1 rings (SSSR count). The molecule has 1 aliphatic rings. The van der Waals surface area contributed by atoms with Crippen LogP contribution < -0.4 is 16.0 Å². The molecule has 0 aliphatic carbocycles. The van der Waals surface area contributed by atoms with Gasteiger partial charge in [0.2, 0.25) is 0 Å². The summed E-state index contributed by atoms with van der Waals surface area (Å²) in [4.78, 5) is 18.4. The number of halogens is 1. The van der Waals surface area contributed by atoms with Gasteiger partial charge in [-0.1, -0.05) is 6.42 Å². The maximum atomic E-state index is 11.6. The molecule has 8 heteroatoms. The van der Waals surface area contributed by atoms with Gasteiger partial charge in [-0.05, 0) is 66.5 Å². The minimum atomic E-state index is -0.471. The van der Waals surface area contributed by atoms with Gasteiger partial charge in [0.05, 0.1) is 0 Å². The van der Waals surface area contributed by atoms with E-state index < -0.39 is 11.7 Å². The maximum absolute atomic E-state index is 11.6. The summed E-state index contributed by atoms with van der Waals surface area (Å²) in [5.74, 6) is 0.766. The fourth-order valence-electron chi connectivity index (χ4n) is 3.02. The number of alkyl carbamates (subject to hydrolysis) is 1. The highest BCUT2D eigenvalue weighted by molar-refractivity contribution is 14.0. The molecule has 0 aromatic rings. The largest absolute Gasteiger partial charge is 0.444 e. The Bertz CT molecular complexity index is 440. The molecule has 1 heterocycles. The SMILES string of the molecule is CN=C(NCCCCN1CCCCC1C)NCCNC(=O)OC(C)(C)C.I. The summed E-state index contributed by atoms with van der Waals surface area (Å²) in [6.07, 6.45) is 6.00. The second-order valence-corrected chi connectivity index (χ2v) is 7.94. The number of guanidine groups is 1. The van der Waals surface area contributed by atoms with Crippen LogP contribution in [0.25, 0.3) is 0 Å². The summed E-state index contributed by atoms with van der Waals surface area (Å²) in [5, 5.41) is 9.24. The number of likely N-dealkylation sites (tertiary alicyclic amines) is 1. The normalized spacial score (nSPS) is 18.4. The van der Waals surface area contributed by atoms with Gasteiger partial charge in [0.15, 0.2) is 5.96 Å². The molecule has 0 spiro atoms. The van der Waals surface area contributed by atoms with Gasteiger partial charge in [-0.15, -0.1) is 24.0 Å². The standard InChI is InChI=1S/C19H39N5O2.HI/c1-16-10-6-8-14-24(16)15-9-7-11-21-17(20-5)22-12-13-23-18(25)26-19(2,3)4;/h16H,6-15H2,1-5H3,(H,23,25)(H2,20,21,22);1H. The lowest BCUT2D eigenvalue weighted by Crippen LogP contribution is -2.43. The van der Waals surface area contributed by atoms with Crippen molar-refractivity contribution in [2.24, 2.45) is 4.99 Å². The first-order valence-corrected chi connectivity index (χ1v) is 9.97. The first-order valence-electron chi connectivity index (χ1n) is 9.97. The zero-order chi connectivity index (χ0) is 19.4. The van der Waals surface area contributed by atoms with E-state index >= 15 is 0 Å². The predicted molar refractivity (Wildman–Crippen MR) is 123 cm³/mol. The van der Waals surface area contributed by atoms with E-state index in [1.165, 1.54) is 38.8 Å². The molecule has 0 aromatic heterocycles. The van der Waals surface area contributed by atoms with Crippen LogP contribution in [0.2, 0.25) is 0 Å². The van der Waals surface area contributed by atoms with Crippen LogP contribution in [-0.2, 0) is 4.74 Å². The first-order chi connectivity index (χ1) is 12.3. The van der Waals surface area contributed by atoms with E-state index in [9.17, 15) is 4.79 Å². The molecule has 1 unspecified atom stereocenters. The molecule has 3 N–H and O–H groups in total. The van der Waals surface area contributed by atoms with Crippen molar-refractivity contribution in [1.82, 2.24) is 20.9 Å². The van der Waals surface area contributed by atoms with Gasteiger partial charge >= 0.3 is 6.09 Å². The van der Waals surface area contributed by atoms with Crippen LogP contribution in [0.5, 0.6) is 0 Å². The van der Waals surface area contributed by atoms with Gasteiger partial charge in [0, 0.05) is 32.7 Å². The van der Waals surface area contributed by atoms with E-state index in [-0.39, 0.29) is 24.0 Å². The van der Waals surface area contributed by atoms with Crippen molar-refractivity contribution in [3.8, 4) is 0 Å². The van der Waals surface area contributed by atoms with Crippen molar-refractivity contribution >= 4 is 36.0 Å². The lowest BCUT2D eigenvalue weighted by molar-refractivity contribution is 0.0529. The Morgan fingerprint density at radius 3 is 2.41 bits per heavy atom. The maximum Gasteiger partial charge on any atom is 0.407 e. The van der Waals surface area contributed by atoms with Gasteiger partial charge in [-0.3, -0.25) is 4.99 Å². The zero-order valence-corrected chi connectivity index (χ0v) is 20.1. The minimum Gasteiger partial charge on any atom is -0.444 e. The second kappa shape index (κ2) is 14.3. The second-order valence-electron chi connectivity index (χ2n) is 7.94. The van der Waals surface area contributed by atoms with E-state index in [1.54, 1.807) is 7.05 Å². The average Bonchev–Trinajstić information content (AvgIpc) is 2.56. The Hall–Kier alpha value is -0.770. The Labute approximate surface area is 182 Å². The monoisotopic (exact) mass is 497 g/mol. The smallest absolute Gasteiger partial charge is 0.407 e. The topological polar surface area (TPSA) is 78.0 Å². The number of nitrogens with one attached hydrogen (secondary N) is 3. The van der Waals surface area contributed by atoms with Crippen molar-refractivity contribution in [2.75, 3.05) is 39.8 Å². The third-order valence-electron chi connectivity index (χ3n) is 4.41. The molecule has 1 amide bonds. The number of hydrogen-bond acceptors (Lipinski definition) is 4. The highest BCUT2D eigenvalue weighted by Crippen LogP contribution is 2.16. The van der Waals surface area contributed by atoms with Crippen molar-refractivity contribution in [3.63, 3.8) is 0 Å². The van der Waals surface area contributed by atoms with E-state index in [2.05, 4.69) is 32.8 Å². The highest BCUT2D eigenvalue weighted by atomic mass is 127. The number of hydrogen-bond donors (Lipinski definition) is 3. The number of unbranched alkanes of at least 4 members (excludes halogenated alkanes) is 1. The van der Waals surface area contributed by atoms with Crippen LogP contribution in [0.3, 0.4) is 0 Å². The van der Waals surface area contributed by atoms with Crippen molar-refractivity contribution in [1.29, 1.82) is 0 Å². The molecule has 0 saturated carbocycles. The molecule has 0 aromatic carbocycles. The molecule has 1 fully saturated rings. The summed E-state index contributed by atoms with van der Waals surface area (Å²) < 4.78 is 5.19. The number of amides is 1. The molecular formula is C19H40IN5O2. The van der Waals surface area contributed by atoms with Crippen LogP contribution in [-0.4, -0.2) is 68.4 Å². The summed E-state index contributed by atoms with van der Waals surface area (Å²) in [7, 11) is 1.76. The summed E-state index contributed by atoms with van der Waals surface area (Å²) in [6, 6.07) is 0.739. The predicted octanol–water partition coefficient (Wildman–Crippen LogP) is 2.95. The average molecular weight is 497 g/mol. The van der Waals surface area contributed by atoms with Crippen LogP contribution >= 0.6 is 24.0 Å². The number of ether oxygens (including phenoxy) is 1. The van der Waals surface area contributed by atoms with E-state index in [4.69, 9.17) is 4.74 Å². The molecule has 1 atom stereocenters. The van der Waals surface area contributed by atoms with Crippen LogP contribution in [0.1, 0.15) is 59.8 Å². The number of aliphatic imine (C=N–C) groups is 1. The molecule has 0 bridgehead atoms. The molecule has 0 radical (unpaired) electrons. The summed E-state index contributed by atoms with van der Waals surface area (Å²) in [6.45, 7) is 12.3. The third kappa shape index (κ3) is 13.1. The van der Waals surface area contributed by atoms with Crippen molar-refractivity contribution in [3.05, 3.63) is 0 Å². The number of carbonyl (C=O) groups is 1. The Kier molecular flexibility index (Phi) is 13.9. The lowest BCUT2D eigenvalue weighted by atomic mass is 10.0. The first kappa shape index (κ1) is 26.2. The zero-order valence-electron chi connectivity index (χ0n) is 17.8. The fraction of sp³-hybridized carbons (Fsp3) is 0.895. The number of carbonyl (C=O) groups excluding carboxylic acids is 1. The van der Waals surface area contributed by atoms with Crippen LogP contribution in [0, 0.1) is 0 Å². The van der Waals surface area contributed by atoms with Gasteiger partial charge in [-0.2, -0.15) is 0 Å². The van der Waals surface area contributed by atoms with Gasteiger partial charge in [-0.25, -0.2) is 4.79 Å². The molecule has 1 saturated heterocycles. The quantitative estimate of drug-likeness (QED) is 0.208.